The molecular formula is C15H12NNaO. The number of para-hydroxylation sites is 1. The molecule has 2 aromatic carbocycles. The number of phenolic OH excluding ortho intramolecular Hbond substituents is 1. The first kappa shape index (κ1) is 13.1. The minimum absolute atomic E-state index is 0. The number of rotatable bonds is 1. The summed E-state index contributed by atoms with van der Waals surface area (Å²) in [6.07, 6.45) is 0. The molecule has 0 aliphatic heterocycles. The van der Waals surface area contributed by atoms with Crippen molar-refractivity contribution in [3.05, 3.63) is 60.7 Å². The second-order valence-electron chi connectivity index (χ2n) is 3.91. The third-order valence-electron chi connectivity index (χ3n) is 2.77. The van der Waals surface area contributed by atoms with Gasteiger partial charge in [0.1, 0.15) is 11.3 Å². The molecule has 1 aromatic heterocycles. The van der Waals surface area contributed by atoms with E-state index < -0.39 is 0 Å². The molecule has 0 amide bonds. The molecule has 0 bridgehead atoms. The van der Waals surface area contributed by atoms with Crippen LogP contribution in [-0.4, -0.2) is 39.6 Å². The number of pyridine rings is 1. The van der Waals surface area contributed by atoms with Gasteiger partial charge in [0, 0.05) is 10.9 Å². The maximum absolute atomic E-state index is 9.78. The molecule has 0 unspecified atom stereocenters. The van der Waals surface area contributed by atoms with E-state index in [1.165, 1.54) is 0 Å². The van der Waals surface area contributed by atoms with Crippen LogP contribution in [-0.2, 0) is 0 Å². The van der Waals surface area contributed by atoms with Gasteiger partial charge in [0.25, 0.3) is 0 Å². The number of phenols is 1. The van der Waals surface area contributed by atoms with Crippen LogP contribution in [0.3, 0.4) is 0 Å². The van der Waals surface area contributed by atoms with Crippen molar-refractivity contribution in [1.29, 1.82) is 0 Å². The second-order valence-corrected chi connectivity index (χ2v) is 3.91. The molecule has 3 aromatic rings. The van der Waals surface area contributed by atoms with Crippen molar-refractivity contribution in [1.82, 2.24) is 4.98 Å². The Morgan fingerprint density at radius 2 is 1.56 bits per heavy atom. The Kier molecular flexibility index (Phi) is 4.02. The number of benzene rings is 2. The van der Waals surface area contributed by atoms with E-state index in [-0.39, 0.29) is 35.3 Å². The van der Waals surface area contributed by atoms with Crippen molar-refractivity contribution < 1.29 is 5.11 Å². The van der Waals surface area contributed by atoms with Crippen LogP contribution >= 0.6 is 0 Å². The summed E-state index contributed by atoms with van der Waals surface area (Å²) in [6, 6.07) is 19.3. The summed E-state index contributed by atoms with van der Waals surface area (Å²) in [4.78, 5) is 4.50. The number of hydrogen-bond donors (Lipinski definition) is 1. The molecule has 84 valence electrons. The van der Waals surface area contributed by atoms with Gasteiger partial charge in [-0.25, -0.2) is 4.98 Å². The van der Waals surface area contributed by atoms with Gasteiger partial charge in [-0.1, -0.05) is 48.5 Å². The first-order chi connectivity index (χ1) is 8.34. The number of hydrogen-bond acceptors (Lipinski definition) is 2. The zero-order valence-electron chi connectivity index (χ0n) is 9.17. The van der Waals surface area contributed by atoms with Crippen molar-refractivity contribution >= 4 is 40.5 Å². The topological polar surface area (TPSA) is 33.1 Å². The molecule has 0 saturated carbocycles. The molecule has 18 heavy (non-hydrogen) atoms. The van der Waals surface area contributed by atoms with Crippen LogP contribution in [0, 0.1) is 0 Å². The van der Waals surface area contributed by atoms with Gasteiger partial charge in [0.05, 0.1) is 5.69 Å². The summed E-state index contributed by atoms with van der Waals surface area (Å²) in [6.45, 7) is 0. The van der Waals surface area contributed by atoms with Gasteiger partial charge in [0.2, 0.25) is 0 Å². The van der Waals surface area contributed by atoms with Crippen molar-refractivity contribution in [3.8, 4) is 17.0 Å². The fraction of sp³-hybridized carbons (Fsp3) is 0. The van der Waals surface area contributed by atoms with Crippen LogP contribution in [0.25, 0.3) is 22.2 Å². The predicted octanol–water partition coefficient (Wildman–Crippen LogP) is 2.96. The third-order valence-corrected chi connectivity index (χ3v) is 2.77. The van der Waals surface area contributed by atoms with Gasteiger partial charge in [-0.3, -0.25) is 0 Å². The molecule has 2 nitrogen and oxygen atoms in total. The fourth-order valence-corrected chi connectivity index (χ4v) is 1.90. The molecule has 1 heterocycles. The van der Waals surface area contributed by atoms with Gasteiger partial charge in [-0.05, 0) is 12.1 Å². The van der Waals surface area contributed by atoms with Crippen LogP contribution in [0.1, 0.15) is 0 Å². The second kappa shape index (κ2) is 5.53. The molecule has 1 N–H and O–H groups in total. The fourth-order valence-electron chi connectivity index (χ4n) is 1.90. The number of aromatic nitrogens is 1. The molecule has 0 saturated heterocycles. The minimum atomic E-state index is 0. The molecule has 0 atom stereocenters. The SMILES string of the molecule is Oc1cccc2ccc(-c3ccccc3)nc12.[NaH]. The summed E-state index contributed by atoms with van der Waals surface area (Å²) < 4.78 is 0. The monoisotopic (exact) mass is 245 g/mol. The standard InChI is InChI=1S/C15H11NO.Na.H/c17-14-8-4-7-12-9-10-13(16-15(12)14)11-5-2-1-3-6-11;;/h1-10,17H;;. The van der Waals surface area contributed by atoms with E-state index in [2.05, 4.69) is 4.98 Å². The van der Waals surface area contributed by atoms with E-state index in [9.17, 15) is 5.11 Å². The summed E-state index contributed by atoms with van der Waals surface area (Å²) in [5.41, 5.74) is 2.58. The quantitative estimate of drug-likeness (QED) is 0.669. The van der Waals surface area contributed by atoms with Crippen LogP contribution in [0.2, 0.25) is 0 Å². The van der Waals surface area contributed by atoms with E-state index >= 15 is 0 Å². The molecule has 3 heteroatoms. The van der Waals surface area contributed by atoms with E-state index in [1.54, 1.807) is 6.07 Å². The number of aromatic hydroxyl groups is 1. The number of fused-ring (bicyclic) bond motifs is 1. The normalized spacial score (nSPS) is 10.0. The first-order valence-electron chi connectivity index (χ1n) is 5.49. The van der Waals surface area contributed by atoms with Gasteiger partial charge >= 0.3 is 29.6 Å². The van der Waals surface area contributed by atoms with Crippen molar-refractivity contribution in [3.63, 3.8) is 0 Å². The number of nitrogens with zero attached hydrogens (tertiary/aromatic N) is 1. The molecule has 3 rings (SSSR count). The van der Waals surface area contributed by atoms with Crippen LogP contribution in [0.15, 0.2) is 60.7 Å². The van der Waals surface area contributed by atoms with Gasteiger partial charge in [-0.2, -0.15) is 0 Å². The molecular weight excluding hydrogens is 233 g/mol. The average molecular weight is 245 g/mol. The third kappa shape index (κ3) is 2.41. The van der Waals surface area contributed by atoms with E-state index in [0.717, 1.165) is 16.6 Å². The zero-order valence-corrected chi connectivity index (χ0v) is 9.17. The van der Waals surface area contributed by atoms with E-state index in [0.29, 0.717) is 5.52 Å². The van der Waals surface area contributed by atoms with E-state index in [1.807, 2.05) is 54.6 Å². The predicted molar refractivity (Wildman–Crippen MR) is 76.0 cm³/mol. The van der Waals surface area contributed by atoms with Gasteiger partial charge in [0.15, 0.2) is 0 Å². The maximum atomic E-state index is 9.78. The average Bonchev–Trinajstić information content (AvgIpc) is 2.40. The summed E-state index contributed by atoms with van der Waals surface area (Å²) >= 11 is 0. The van der Waals surface area contributed by atoms with E-state index in [4.69, 9.17) is 0 Å². The molecule has 0 fully saturated rings. The molecule has 0 aliphatic rings. The Balaban J connectivity index is 0.00000120. The Labute approximate surface area is 128 Å². The first-order valence-corrected chi connectivity index (χ1v) is 5.49. The molecule has 0 aliphatic carbocycles. The van der Waals surface area contributed by atoms with Crippen LogP contribution in [0.5, 0.6) is 5.75 Å². The van der Waals surface area contributed by atoms with Crippen LogP contribution in [0.4, 0.5) is 0 Å². The Hall–Kier alpha value is -1.35. The summed E-state index contributed by atoms with van der Waals surface area (Å²) in [5.74, 6) is 0.222. The Morgan fingerprint density at radius 1 is 0.778 bits per heavy atom. The zero-order chi connectivity index (χ0) is 11.7. The molecule has 0 spiro atoms. The van der Waals surface area contributed by atoms with Gasteiger partial charge in [-0.15, -0.1) is 0 Å². The van der Waals surface area contributed by atoms with Gasteiger partial charge < -0.3 is 5.11 Å². The summed E-state index contributed by atoms with van der Waals surface area (Å²) in [5, 5.41) is 10.7. The van der Waals surface area contributed by atoms with Crippen LogP contribution < -0.4 is 0 Å². The Morgan fingerprint density at radius 3 is 2.33 bits per heavy atom. The summed E-state index contributed by atoms with van der Waals surface area (Å²) in [7, 11) is 0. The molecule has 0 radical (unpaired) electrons. The van der Waals surface area contributed by atoms with Crippen molar-refractivity contribution in [2.24, 2.45) is 0 Å². The van der Waals surface area contributed by atoms with Crippen molar-refractivity contribution in [2.45, 2.75) is 0 Å². The van der Waals surface area contributed by atoms with Crippen molar-refractivity contribution in [2.75, 3.05) is 0 Å². The Bertz CT molecular complexity index is 668.